The number of halogens is 1. The highest BCUT2D eigenvalue weighted by atomic mass is 19.1. The number of carbonyl (C=O) groups is 1. The Labute approximate surface area is 113 Å². The Hall–Kier alpha value is -1.42. The fourth-order valence-electron chi connectivity index (χ4n) is 2.58. The number of nitrogens with zero attached hydrogens (tertiary/aromatic N) is 1. The van der Waals surface area contributed by atoms with E-state index in [1.165, 1.54) is 12.1 Å². The van der Waals surface area contributed by atoms with Crippen molar-refractivity contribution in [2.45, 2.75) is 32.3 Å². The van der Waals surface area contributed by atoms with Gasteiger partial charge in [0.15, 0.2) is 0 Å². The molecule has 1 aromatic rings. The molecule has 104 valence electrons. The first-order valence-electron chi connectivity index (χ1n) is 6.56. The van der Waals surface area contributed by atoms with Crippen LogP contribution in [0.4, 0.5) is 4.39 Å². The van der Waals surface area contributed by atoms with Crippen molar-refractivity contribution in [3.05, 3.63) is 35.1 Å². The molecule has 1 amide bonds. The highest BCUT2D eigenvalue weighted by Gasteiger charge is 2.33. The number of piperidine rings is 1. The van der Waals surface area contributed by atoms with E-state index in [0.29, 0.717) is 17.7 Å². The zero-order valence-corrected chi connectivity index (χ0v) is 11.7. The molecular formula is C15H20FNO2. The van der Waals surface area contributed by atoms with Crippen molar-refractivity contribution in [3.8, 4) is 0 Å². The van der Waals surface area contributed by atoms with Crippen molar-refractivity contribution in [3.63, 3.8) is 0 Å². The Morgan fingerprint density at radius 2 is 2.21 bits per heavy atom. The Morgan fingerprint density at radius 3 is 2.84 bits per heavy atom. The summed E-state index contributed by atoms with van der Waals surface area (Å²) in [5, 5.41) is 0. The molecule has 0 radical (unpaired) electrons. The number of carbonyl (C=O) groups excluding carboxylic acids is 1. The van der Waals surface area contributed by atoms with Gasteiger partial charge in [-0.05, 0) is 50.5 Å². The largest absolute Gasteiger partial charge is 0.377 e. The van der Waals surface area contributed by atoms with Crippen molar-refractivity contribution in [2.24, 2.45) is 0 Å². The smallest absolute Gasteiger partial charge is 0.254 e. The number of benzene rings is 1. The molecule has 1 aliphatic rings. The molecule has 3 nitrogen and oxygen atoms in total. The van der Waals surface area contributed by atoms with E-state index >= 15 is 0 Å². The van der Waals surface area contributed by atoms with Crippen LogP contribution < -0.4 is 0 Å². The van der Waals surface area contributed by atoms with E-state index in [-0.39, 0.29) is 17.3 Å². The van der Waals surface area contributed by atoms with Crippen LogP contribution in [0, 0.1) is 12.7 Å². The van der Waals surface area contributed by atoms with E-state index in [1.807, 2.05) is 6.92 Å². The molecule has 1 aliphatic heterocycles. The summed E-state index contributed by atoms with van der Waals surface area (Å²) in [5.41, 5.74) is 0.971. The van der Waals surface area contributed by atoms with Gasteiger partial charge in [0, 0.05) is 25.8 Å². The minimum atomic E-state index is -0.311. The summed E-state index contributed by atoms with van der Waals surface area (Å²) in [6.45, 7) is 5.09. The van der Waals surface area contributed by atoms with E-state index in [4.69, 9.17) is 4.74 Å². The summed E-state index contributed by atoms with van der Waals surface area (Å²) in [5.74, 6) is -0.352. The average Bonchev–Trinajstić information content (AvgIpc) is 2.38. The van der Waals surface area contributed by atoms with Gasteiger partial charge in [-0.2, -0.15) is 0 Å². The maximum atomic E-state index is 13.1. The van der Waals surface area contributed by atoms with E-state index < -0.39 is 0 Å². The normalized spacial score (nSPS) is 23.5. The third-order valence-electron chi connectivity index (χ3n) is 3.86. The molecule has 1 aromatic carbocycles. The van der Waals surface area contributed by atoms with E-state index in [9.17, 15) is 9.18 Å². The van der Waals surface area contributed by atoms with Gasteiger partial charge in [0.2, 0.25) is 0 Å². The zero-order chi connectivity index (χ0) is 14.0. The number of amides is 1. The summed E-state index contributed by atoms with van der Waals surface area (Å²) >= 11 is 0. The SMILES string of the molecule is COC1(C)CCCN(C(=O)c2ccc(F)cc2C)C1. The van der Waals surface area contributed by atoms with E-state index in [1.54, 1.807) is 25.0 Å². The first-order chi connectivity index (χ1) is 8.95. The van der Waals surface area contributed by atoms with Gasteiger partial charge in [-0.25, -0.2) is 4.39 Å². The molecule has 0 spiro atoms. The zero-order valence-electron chi connectivity index (χ0n) is 11.7. The van der Waals surface area contributed by atoms with Gasteiger partial charge in [0.1, 0.15) is 5.82 Å². The lowest BCUT2D eigenvalue weighted by molar-refractivity contribution is -0.0440. The molecule has 1 unspecified atom stereocenters. The molecule has 4 heteroatoms. The Balaban J connectivity index is 2.19. The second kappa shape index (κ2) is 5.29. The number of aryl methyl sites for hydroxylation is 1. The predicted octanol–water partition coefficient (Wildman–Crippen LogP) is 2.78. The van der Waals surface area contributed by atoms with Gasteiger partial charge in [0.25, 0.3) is 5.91 Å². The van der Waals surface area contributed by atoms with Gasteiger partial charge < -0.3 is 9.64 Å². The Kier molecular flexibility index (Phi) is 3.90. The van der Waals surface area contributed by atoms with Crippen molar-refractivity contribution in [2.75, 3.05) is 20.2 Å². The summed E-state index contributed by atoms with van der Waals surface area (Å²) in [4.78, 5) is 14.3. The van der Waals surface area contributed by atoms with Gasteiger partial charge in [-0.3, -0.25) is 4.79 Å². The second-order valence-electron chi connectivity index (χ2n) is 5.44. The molecule has 0 aromatic heterocycles. The van der Waals surface area contributed by atoms with Crippen LogP contribution in [0.1, 0.15) is 35.7 Å². The lowest BCUT2D eigenvalue weighted by Crippen LogP contribution is -2.49. The highest BCUT2D eigenvalue weighted by Crippen LogP contribution is 2.25. The molecule has 1 saturated heterocycles. The quantitative estimate of drug-likeness (QED) is 0.823. The summed E-state index contributed by atoms with van der Waals surface area (Å²) in [6.07, 6.45) is 1.88. The van der Waals surface area contributed by atoms with Crippen molar-refractivity contribution in [1.29, 1.82) is 0 Å². The standard InChI is InChI=1S/C15H20FNO2/c1-11-9-12(16)5-6-13(11)14(18)17-8-4-7-15(2,10-17)19-3/h5-6,9H,4,7-8,10H2,1-3H3. The fourth-order valence-corrected chi connectivity index (χ4v) is 2.58. The number of methoxy groups -OCH3 is 1. The van der Waals surface area contributed by atoms with Gasteiger partial charge in [-0.1, -0.05) is 0 Å². The summed E-state index contributed by atoms with van der Waals surface area (Å²) in [7, 11) is 1.68. The number of hydrogen-bond donors (Lipinski definition) is 0. The lowest BCUT2D eigenvalue weighted by Gasteiger charge is -2.39. The Bertz CT molecular complexity index is 489. The molecule has 1 heterocycles. The Morgan fingerprint density at radius 1 is 1.47 bits per heavy atom. The van der Waals surface area contributed by atoms with Crippen LogP contribution in [0.25, 0.3) is 0 Å². The lowest BCUT2D eigenvalue weighted by atomic mass is 9.94. The molecule has 0 saturated carbocycles. The number of ether oxygens (including phenoxy) is 1. The summed E-state index contributed by atoms with van der Waals surface area (Å²) < 4.78 is 18.6. The molecule has 0 N–H and O–H groups in total. The minimum absolute atomic E-state index is 0.0412. The van der Waals surface area contributed by atoms with Crippen LogP contribution in [0.2, 0.25) is 0 Å². The third-order valence-corrected chi connectivity index (χ3v) is 3.86. The summed E-state index contributed by atoms with van der Waals surface area (Å²) in [6, 6.07) is 4.29. The van der Waals surface area contributed by atoms with E-state index in [2.05, 4.69) is 0 Å². The number of hydrogen-bond acceptors (Lipinski definition) is 2. The highest BCUT2D eigenvalue weighted by molar-refractivity contribution is 5.95. The topological polar surface area (TPSA) is 29.5 Å². The fraction of sp³-hybridized carbons (Fsp3) is 0.533. The van der Waals surface area contributed by atoms with Crippen molar-refractivity contribution in [1.82, 2.24) is 4.90 Å². The van der Waals surface area contributed by atoms with Gasteiger partial charge in [0.05, 0.1) is 5.60 Å². The van der Waals surface area contributed by atoms with E-state index in [0.717, 1.165) is 19.4 Å². The van der Waals surface area contributed by atoms with Gasteiger partial charge >= 0.3 is 0 Å². The van der Waals surface area contributed by atoms with Crippen LogP contribution in [-0.2, 0) is 4.74 Å². The molecule has 19 heavy (non-hydrogen) atoms. The minimum Gasteiger partial charge on any atom is -0.377 e. The predicted molar refractivity (Wildman–Crippen MR) is 71.7 cm³/mol. The van der Waals surface area contributed by atoms with Crippen LogP contribution in [0.5, 0.6) is 0 Å². The molecular weight excluding hydrogens is 245 g/mol. The number of rotatable bonds is 2. The van der Waals surface area contributed by atoms with Crippen LogP contribution in [-0.4, -0.2) is 36.6 Å². The number of likely N-dealkylation sites (tertiary alicyclic amines) is 1. The molecule has 0 aliphatic carbocycles. The second-order valence-corrected chi connectivity index (χ2v) is 5.44. The van der Waals surface area contributed by atoms with Gasteiger partial charge in [-0.15, -0.1) is 0 Å². The first-order valence-corrected chi connectivity index (χ1v) is 6.56. The molecule has 1 atom stereocenters. The first kappa shape index (κ1) is 14.0. The van der Waals surface area contributed by atoms with Crippen molar-refractivity contribution >= 4 is 5.91 Å². The maximum absolute atomic E-state index is 13.1. The van der Waals surface area contributed by atoms with Crippen LogP contribution in [0.15, 0.2) is 18.2 Å². The molecule has 0 bridgehead atoms. The average molecular weight is 265 g/mol. The molecule has 1 fully saturated rings. The third kappa shape index (κ3) is 2.95. The van der Waals surface area contributed by atoms with Crippen LogP contribution in [0.3, 0.4) is 0 Å². The van der Waals surface area contributed by atoms with Crippen molar-refractivity contribution < 1.29 is 13.9 Å². The van der Waals surface area contributed by atoms with Crippen LogP contribution >= 0.6 is 0 Å². The monoisotopic (exact) mass is 265 g/mol. The molecule has 2 rings (SSSR count). The maximum Gasteiger partial charge on any atom is 0.254 e.